The van der Waals surface area contributed by atoms with Crippen LogP contribution in [0.5, 0.6) is 11.5 Å². The molecule has 7 nitrogen and oxygen atoms in total. The highest BCUT2D eigenvalue weighted by atomic mass is 16.5. The van der Waals surface area contributed by atoms with E-state index in [2.05, 4.69) is 17.0 Å². The number of hydrogen-bond donors (Lipinski definition) is 1. The van der Waals surface area contributed by atoms with Crippen molar-refractivity contribution in [3.05, 3.63) is 45.6 Å². The number of hydrogen-bond acceptors (Lipinski definition) is 5. The quantitative estimate of drug-likeness (QED) is 0.421. The molecule has 0 aliphatic heterocycles. The number of rotatable bonds is 12. The van der Waals surface area contributed by atoms with Gasteiger partial charge in [-0.15, -0.1) is 0 Å². The van der Waals surface area contributed by atoms with Crippen molar-refractivity contribution in [2.24, 2.45) is 0 Å². The molecule has 2 heterocycles. The van der Waals surface area contributed by atoms with Crippen LogP contribution < -0.4 is 15.0 Å². The molecule has 3 rings (SSSR count). The Morgan fingerprint density at radius 2 is 1.71 bits per heavy atom. The summed E-state index contributed by atoms with van der Waals surface area (Å²) in [6.07, 6.45) is 9.15. The van der Waals surface area contributed by atoms with Gasteiger partial charge in [-0.3, -0.25) is 4.79 Å². The SMILES string of the molecule is CCCCCCCCCn1nc(C)c2c(=O)[nH]c(Cc3ccc(OC)c(OC)c3)nc21. The minimum absolute atomic E-state index is 0.135. The van der Waals surface area contributed by atoms with Crippen LogP contribution in [-0.4, -0.2) is 34.0 Å². The second-order valence-electron chi connectivity index (χ2n) is 8.01. The summed E-state index contributed by atoms with van der Waals surface area (Å²) < 4.78 is 12.6. The lowest BCUT2D eigenvalue weighted by atomic mass is 10.1. The zero-order valence-corrected chi connectivity index (χ0v) is 19.2. The van der Waals surface area contributed by atoms with Crippen molar-refractivity contribution >= 4 is 11.0 Å². The molecule has 2 aromatic heterocycles. The first kappa shape index (κ1) is 22.8. The number of aryl methyl sites for hydroxylation is 2. The number of nitrogens with one attached hydrogen (secondary N) is 1. The minimum Gasteiger partial charge on any atom is -0.493 e. The Labute approximate surface area is 183 Å². The number of aromatic amines is 1. The van der Waals surface area contributed by atoms with Crippen molar-refractivity contribution < 1.29 is 9.47 Å². The average molecular weight is 427 g/mol. The maximum absolute atomic E-state index is 12.7. The van der Waals surface area contributed by atoms with Crippen molar-refractivity contribution in [3.8, 4) is 11.5 Å². The number of benzene rings is 1. The number of H-pyrrole nitrogens is 1. The number of methoxy groups -OCH3 is 2. The van der Waals surface area contributed by atoms with Gasteiger partial charge in [-0.25, -0.2) is 9.67 Å². The summed E-state index contributed by atoms with van der Waals surface area (Å²) in [5.41, 5.74) is 2.24. The fraction of sp³-hybridized carbons (Fsp3) is 0.542. The Bertz CT molecular complexity index is 1050. The van der Waals surface area contributed by atoms with Gasteiger partial charge in [-0.1, -0.05) is 51.5 Å². The van der Waals surface area contributed by atoms with E-state index >= 15 is 0 Å². The van der Waals surface area contributed by atoms with E-state index in [-0.39, 0.29) is 5.56 Å². The zero-order valence-electron chi connectivity index (χ0n) is 19.2. The second kappa shape index (κ2) is 11.0. The van der Waals surface area contributed by atoms with Crippen molar-refractivity contribution in [1.82, 2.24) is 19.7 Å². The van der Waals surface area contributed by atoms with Crippen LogP contribution in [0.15, 0.2) is 23.0 Å². The first-order valence-electron chi connectivity index (χ1n) is 11.2. The Kier molecular flexibility index (Phi) is 8.09. The molecule has 0 aliphatic rings. The highest BCUT2D eigenvalue weighted by molar-refractivity contribution is 5.77. The summed E-state index contributed by atoms with van der Waals surface area (Å²) in [7, 11) is 3.22. The van der Waals surface area contributed by atoms with Gasteiger partial charge in [0.05, 0.1) is 19.9 Å². The summed E-state index contributed by atoms with van der Waals surface area (Å²) in [4.78, 5) is 20.4. The van der Waals surface area contributed by atoms with Crippen LogP contribution in [0.3, 0.4) is 0 Å². The van der Waals surface area contributed by atoms with Crippen molar-refractivity contribution in [2.75, 3.05) is 14.2 Å². The molecule has 0 unspecified atom stereocenters. The lowest BCUT2D eigenvalue weighted by Gasteiger charge is -2.09. The topological polar surface area (TPSA) is 82.0 Å². The molecule has 7 heteroatoms. The van der Waals surface area contributed by atoms with E-state index in [0.717, 1.165) is 24.2 Å². The lowest BCUT2D eigenvalue weighted by molar-refractivity contribution is 0.354. The largest absolute Gasteiger partial charge is 0.493 e. The highest BCUT2D eigenvalue weighted by Gasteiger charge is 2.15. The van der Waals surface area contributed by atoms with Crippen LogP contribution in [-0.2, 0) is 13.0 Å². The van der Waals surface area contributed by atoms with E-state index < -0.39 is 0 Å². The smallest absolute Gasteiger partial charge is 0.262 e. The lowest BCUT2D eigenvalue weighted by Crippen LogP contribution is -2.13. The van der Waals surface area contributed by atoms with E-state index in [0.29, 0.717) is 34.8 Å². The molecule has 0 saturated carbocycles. The second-order valence-corrected chi connectivity index (χ2v) is 8.01. The van der Waals surface area contributed by atoms with Gasteiger partial charge in [0, 0.05) is 13.0 Å². The number of nitrogens with zero attached hydrogens (tertiary/aromatic N) is 3. The van der Waals surface area contributed by atoms with Gasteiger partial charge in [-0.05, 0) is 31.0 Å². The summed E-state index contributed by atoms with van der Waals surface area (Å²) >= 11 is 0. The Morgan fingerprint density at radius 3 is 2.42 bits per heavy atom. The fourth-order valence-electron chi connectivity index (χ4n) is 3.94. The molecule has 31 heavy (non-hydrogen) atoms. The Morgan fingerprint density at radius 1 is 1.00 bits per heavy atom. The van der Waals surface area contributed by atoms with Crippen LogP contribution in [0, 0.1) is 6.92 Å². The average Bonchev–Trinajstić information content (AvgIpc) is 3.08. The van der Waals surface area contributed by atoms with E-state index in [1.165, 1.54) is 38.5 Å². The maximum Gasteiger partial charge on any atom is 0.262 e. The summed E-state index contributed by atoms with van der Waals surface area (Å²) in [6, 6.07) is 5.72. The van der Waals surface area contributed by atoms with Crippen molar-refractivity contribution in [3.63, 3.8) is 0 Å². The molecule has 0 radical (unpaired) electrons. The molecule has 0 aliphatic carbocycles. The first-order chi connectivity index (χ1) is 15.1. The molecule has 0 fully saturated rings. The van der Waals surface area contributed by atoms with Gasteiger partial charge in [-0.2, -0.15) is 5.10 Å². The fourth-order valence-corrected chi connectivity index (χ4v) is 3.94. The Balaban J connectivity index is 1.75. The monoisotopic (exact) mass is 426 g/mol. The molecule has 3 aromatic rings. The van der Waals surface area contributed by atoms with Gasteiger partial charge < -0.3 is 14.5 Å². The number of fused-ring (bicyclic) bond motifs is 1. The van der Waals surface area contributed by atoms with Crippen LogP contribution in [0.4, 0.5) is 0 Å². The number of aromatic nitrogens is 4. The van der Waals surface area contributed by atoms with Gasteiger partial charge in [0.2, 0.25) is 0 Å². The molecule has 1 aromatic carbocycles. The molecule has 0 atom stereocenters. The van der Waals surface area contributed by atoms with Gasteiger partial charge >= 0.3 is 0 Å². The molecular weight excluding hydrogens is 392 g/mol. The molecule has 0 spiro atoms. The third-order valence-corrected chi connectivity index (χ3v) is 5.62. The molecule has 0 saturated heterocycles. The summed E-state index contributed by atoms with van der Waals surface area (Å²) in [5.74, 6) is 1.94. The van der Waals surface area contributed by atoms with Crippen LogP contribution in [0.25, 0.3) is 11.0 Å². The minimum atomic E-state index is -0.135. The molecule has 168 valence electrons. The normalized spacial score (nSPS) is 11.2. The summed E-state index contributed by atoms with van der Waals surface area (Å²) in [6.45, 7) is 4.89. The van der Waals surface area contributed by atoms with Gasteiger partial charge in [0.1, 0.15) is 11.2 Å². The molecular formula is C24H34N4O3. The predicted molar refractivity (Wildman–Crippen MR) is 123 cm³/mol. The maximum atomic E-state index is 12.7. The van der Waals surface area contributed by atoms with E-state index in [1.807, 2.05) is 29.8 Å². The van der Waals surface area contributed by atoms with Crippen LogP contribution in [0.1, 0.15) is 69.0 Å². The van der Waals surface area contributed by atoms with Gasteiger partial charge in [0.15, 0.2) is 17.1 Å². The van der Waals surface area contributed by atoms with Crippen molar-refractivity contribution in [2.45, 2.75) is 71.8 Å². The van der Waals surface area contributed by atoms with Gasteiger partial charge in [0.25, 0.3) is 5.56 Å². The first-order valence-corrected chi connectivity index (χ1v) is 11.2. The van der Waals surface area contributed by atoms with Crippen LogP contribution in [0.2, 0.25) is 0 Å². The van der Waals surface area contributed by atoms with Crippen LogP contribution >= 0.6 is 0 Å². The molecule has 1 N–H and O–H groups in total. The predicted octanol–water partition coefficient (Wildman–Crippen LogP) is 4.79. The van der Waals surface area contributed by atoms with Crippen molar-refractivity contribution in [1.29, 1.82) is 0 Å². The number of ether oxygens (including phenoxy) is 2. The highest BCUT2D eigenvalue weighted by Crippen LogP contribution is 2.28. The molecule has 0 bridgehead atoms. The Hall–Kier alpha value is -2.83. The van der Waals surface area contributed by atoms with E-state index in [9.17, 15) is 4.79 Å². The zero-order chi connectivity index (χ0) is 22.2. The number of unbranched alkanes of at least 4 members (excludes halogenated alkanes) is 6. The standard InChI is InChI=1S/C24H34N4O3/c1-5-6-7-8-9-10-11-14-28-23-22(17(2)27-28)24(29)26-21(25-23)16-18-12-13-19(30-3)20(15-18)31-4/h12-13,15H,5-11,14,16H2,1-4H3,(H,25,26,29). The molecule has 0 amide bonds. The third-order valence-electron chi connectivity index (χ3n) is 5.62. The summed E-state index contributed by atoms with van der Waals surface area (Å²) in [5, 5.41) is 5.18. The van der Waals surface area contributed by atoms with E-state index in [1.54, 1.807) is 14.2 Å². The third kappa shape index (κ3) is 5.66. The van der Waals surface area contributed by atoms with E-state index in [4.69, 9.17) is 14.5 Å².